The van der Waals surface area contributed by atoms with E-state index in [1.54, 1.807) is 43.3 Å². The number of rotatable bonds is 8. The summed E-state index contributed by atoms with van der Waals surface area (Å²) in [6.45, 7) is 1.87. The number of nitro groups is 1. The molecule has 1 aliphatic heterocycles. The highest BCUT2D eigenvalue weighted by Crippen LogP contribution is 2.36. The van der Waals surface area contributed by atoms with Crippen LogP contribution < -0.4 is 9.47 Å². The Kier molecular flexibility index (Phi) is 7.61. The molecular weight excluding hydrogens is 532 g/mol. The van der Waals surface area contributed by atoms with Crippen molar-refractivity contribution in [3.8, 4) is 11.5 Å². The maximum atomic E-state index is 13.1. The molecule has 0 bridgehead atoms. The summed E-state index contributed by atoms with van der Waals surface area (Å²) in [5.41, 5.74) is 1.05. The van der Waals surface area contributed by atoms with Crippen LogP contribution in [0.25, 0.3) is 16.8 Å². The van der Waals surface area contributed by atoms with Crippen LogP contribution in [0.1, 0.15) is 28.4 Å². The molecule has 1 fully saturated rings. The number of carbonyl (C=O) groups excluding carboxylic acids is 3. The summed E-state index contributed by atoms with van der Waals surface area (Å²) in [6, 6.07) is 23.7. The number of amides is 2. The Hall–Kier alpha value is -4.96. The van der Waals surface area contributed by atoms with Gasteiger partial charge in [0.25, 0.3) is 16.8 Å². The van der Waals surface area contributed by atoms with Crippen molar-refractivity contribution in [1.82, 2.24) is 4.90 Å². The van der Waals surface area contributed by atoms with Gasteiger partial charge in [-0.3, -0.25) is 24.6 Å². The topological polar surface area (TPSA) is 116 Å². The second-order valence-electron chi connectivity index (χ2n) is 8.71. The number of hydrogen-bond donors (Lipinski definition) is 0. The molecule has 0 saturated carbocycles. The third kappa shape index (κ3) is 5.43. The van der Waals surface area contributed by atoms with E-state index in [1.165, 1.54) is 24.3 Å². The summed E-state index contributed by atoms with van der Waals surface area (Å²) in [7, 11) is 0. The highest BCUT2D eigenvalue weighted by atomic mass is 32.2. The molecule has 4 aromatic rings. The molecule has 0 aliphatic carbocycles. The van der Waals surface area contributed by atoms with Gasteiger partial charge < -0.3 is 9.47 Å². The third-order valence-corrected chi connectivity index (χ3v) is 7.08. The van der Waals surface area contributed by atoms with Gasteiger partial charge in [-0.05, 0) is 59.3 Å². The number of nitrogens with zero attached hydrogens (tertiary/aromatic N) is 2. The van der Waals surface area contributed by atoms with E-state index in [1.807, 2.05) is 30.3 Å². The van der Waals surface area contributed by atoms with Crippen molar-refractivity contribution < 1.29 is 28.8 Å². The van der Waals surface area contributed by atoms with Gasteiger partial charge in [0.1, 0.15) is 0 Å². The second kappa shape index (κ2) is 11.4. The first-order valence-corrected chi connectivity index (χ1v) is 13.1. The van der Waals surface area contributed by atoms with Crippen molar-refractivity contribution in [3.63, 3.8) is 0 Å². The number of nitro benzene ring substituents is 1. The summed E-state index contributed by atoms with van der Waals surface area (Å²) >= 11 is 0.745. The zero-order valence-corrected chi connectivity index (χ0v) is 22.1. The Bertz CT molecular complexity index is 1690. The molecule has 10 heteroatoms. The van der Waals surface area contributed by atoms with Gasteiger partial charge in [-0.2, -0.15) is 0 Å². The largest absolute Gasteiger partial charge is 0.490 e. The predicted molar refractivity (Wildman–Crippen MR) is 151 cm³/mol. The number of imide groups is 1. The Labute approximate surface area is 233 Å². The summed E-state index contributed by atoms with van der Waals surface area (Å²) in [4.78, 5) is 50.6. The molecule has 1 heterocycles. The lowest BCUT2D eigenvalue weighted by Crippen LogP contribution is -2.27. The molecule has 1 saturated heterocycles. The lowest BCUT2D eigenvalue weighted by Gasteiger charge is -2.13. The summed E-state index contributed by atoms with van der Waals surface area (Å²) < 4.78 is 11.4. The molecule has 200 valence electrons. The number of carbonyl (C=O) groups is 3. The summed E-state index contributed by atoms with van der Waals surface area (Å²) in [6.07, 6.45) is 1.53. The van der Waals surface area contributed by atoms with E-state index in [2.05, 4.69) is 0 Å². The van der Waals surface area contributed by atoms with Crippen molar-refractivity contribution in [3.05, 3.63) is 117 Å². The van der Waals surface area contributed by atoms with Crippen LogP contribution >= 0.6 is 11.8 Å². The van der Waals surface area contributed by atoms with Crippen molar-refractivity contribution in [2.24, 2.45) is 0 Å². The average molecular weight is 555 g/mol. The fourth-order valence-corrected chi connectivity index (χ4v) is 5.14. The van der Waals surface area contributed by atoms with Crippen LogP contribution in [0.3, 0.4) is 0 Å². The second-order valence-corrected chi connectivity index (χ2v) is 9.70. The Morgan fingerprint density at radius 2 is 1.73 bits per heavy atom. The number of hydrogen-bond acceptors (Lipinski definition) is 8. The van der Waals surface area contributed by atoms with Gasteiger partial charge in [0, 0.05) is 11.6 Å². The molecule has 0 unspecified atom stereocenters. The van der Waals surface area contributed by atoms with Crippen molar-refractivity contribution in [2.45, 2.75) is 13.5 Å². The zero-order valence-electron chi connectivity index (χ0n) is 21.2. The maximum Gasteiger partial charge on any atom is 0.344 e. The number of esters is 1. The van der Waals surface area contributed by atoms with Crippen LogP contribution in [0.15, 0.2) is 89.8 Å². The molecule has 4 aromatic carbocycles. The molecular formula is C30H22N2O7S. The van der Waals surface area contributed by atoms with Crippen molar-refractivity contribution in [2.75, 3.05) is 6.61 Å². The first kappa shape index (κ1) is 26.6. The van der Waals surface area contributed by atoms with Gasteiger partial charge in [-0.1, -0.05) is 60.7 Å². The first-order chi connectivity index (χ1) is 19.4. The molecule has 0 aromatic heterocycles. The average Bonchev–Trinajstić information content (AvgIpc) is 3.21. The van der Waals surface area contributed by atoms with Gasteiger partial charge in [0.05, 0.1) is 28.5 Å². The fourth-order valence-electron chi connectivity index (χ4n) is 4.31. The SMILES string of the molecule is CCOc1cc(/C=C2\SC(=O)N(Cc3ccccc3[N+](=O)[O-])C2=O)ccc1OC(=O)c1cccc2ccccc12. The van der Waals surface area contributed by atoms with Crippen LogP contribution in [-0.4, -0.2) is 33.5 Å². The number of para-hydroxylation sites is 1. The minimum atomic E-state index is -0.558. The quantitative estimate of drug-likeness (QED) is 0.0786. The first-order valence-electron chi connectivity index (χ1n) is 12.3. The minimum Gasteiger partial charge on any atom is -0.490 e. The van der Waals surface area contributed by atoms with Crippen LogP contribution in [0.5, 0.6) is 11.5 Å². The van der Waals surface area contributed by atoms with Crippen LogP contribution in [0.4, 0.5) is 10.5 Å². The van der Waals surface area contributed by atoms with Crippen molar-refractivity contribution >= 4 is 51.4 Å². The molecule has 5 rings (SSSR count). The highest BCUT2D eigenvalue weighted by Gasteiger charge is 2.36. The minimum absolute atomic E-state index is 0.159. The molecule has 0 atom stereocenters. The summed E-state index contributed by atoms with van der Waals surface area (Å²) in [5, 5.41) is 12.5. The molecule has 1 aliphatic rings. The molecule has 0 spiro atoms. The van der Waals surface area contributed by atoms with E-state index in [0.717, 1.165) is 27.4 Å². The van der Waals surface area contributed by atoms with Crippen LogP contribution in [0.2, 0.25) is 0 Å². The molecule has 9 nitrogen and oxygen atoms in total. The number of fused-ring (bicyclic) bond motifs is 1. The molecule has 40 heavy (non-hydrogen) atoms. The lowest BCUT2D eigenvalue weighted by molar-refractivity contribution is -0.385. The lowest BCUT2D eigenvalue weighted by atomic mass is 10.0. The molecule has 0 radical (unpaired) electrons. The fraction of sp³-hybridized carbons (Fsp3) is 0.100. The Morgan fingerprint density at radius 3 is 2.52 bits per heavy atom. The number of ether oxygens (including phenoxy) is 2. The van der Waals surface area contributed by atoms with Gasteiger partial charge in [0.15, 0.2) is 11.5 Å². The molecule has 0 N–H and O–H groups in total. The summed E-state index contributed by atoms with van der Waals surface area (Å²) in [5.74, 6) is -0.593. The van der Waals surface area contributed by atoms with E-state index in [4.69, 9.17) is 9.47 Å². The standard InChI is InChI=1S/C30H22N2O7S/c1-2-38-26-16-19(14-15-25(26)39-29(34)23-12-7-10-20-8-3-5-11-22(20)23)17-27-28(33)31(30(35)40-27)18-21-9-4-6-13-24(21)32(36)37/h3-17H,2,18H2,1H3/b27-17-. The Balaban J connectivity index is 1.38. The molecule has 2 amide bonds. The van der Waals surface area contributed by atoms with Crippen molar-refractivity contribution in [1.29, 1.82) is 0 Å². The van der Waals surface area contributed by atoms with E-state index in [0.29, 0.717) is 23.5 Å². The van der Waals surface area contributed by atoms with Crippen LogP contribution in [0, 0.1) is 10.1 Å². The van der Waals surface area contributed by atoms with E-state index < -0.39 is 22.0 Å². The van der Waals surface area contributed by atoms with Crippen LogP contribution in [-0.2, 0) is 11.3 Å². The van der Waals surface area contributed by atoms with Gasteiger partial charge in [0.2, 0.25) is 0 Å². The monoisotopic (exact) mass is 554 g/mol. The highest BCUT2D eigenvalue weighted by molar-refractivity contribution is 8.18. The van der Waals surface area contributed by atoms with E-state index in [9.17, 15) is 24.5 Å². The predicted octanol–water partition coefficient (Wildman–Crippen LogP) is 6.60. The number of benzene rings is 4. The van der Waals surface area contributed by atoms with Gasteiger partial charge in [-0.25, -0.2) is 4.79 Å². The van der Waals surface area contributed by atoms with Gasteiger partial charge >= 0.3 is 5.97 Å². The van der Waals surface area contributed by atoms with E-state index in [-0.39, 0.29) is 28.5 Å². The normalized spacial score (nSPS) is 14.1. The zero-order chi connectivity index (χ0) is 28.2. The third-order valence-electron chi connectivity index (χ3n) is 6.17. The maximum absolute atomic E-state index is 13.1. The Morgan fingerprint density at radius 1 is 0.975 bits per heavy atom. The van der Waals surface area contributed by atoms with E-state index >= 15 is 0 Å². The smallest absolute Gasteiger partial charge is 0.344 e. The number of thioether (sulfide) groups is 1. The van der Waals surface area contributed by atoms with Gasteiger partial charge in [-0.15, -0.1) is 0 Å².